The molecule has 0 amide bonds. The molecule has 92 valence electrons. The standard InChI is InChI=1S/C12H15BrN2O2/c13-8-4-3-5-9(15-6-1-2-7-15)10(8)11(14)12(16)17/h3-5,11H,1-2,6-7,14H2,(H,16,17). The van der Waals surface area contributed by atoms with Crippen LogP contribution >= 0.6 is 15.9 Å². The maximum atomic E-state index is 11.1. The smallest absolute Gasteiger partial charge is 0.325 e. The van der Waals surface area contributed by atoms with Crippen molar-refractivity contribution >= 4 is 27.6 Å². The Kier molecular flexibility index (Phi) is 3.69. The van der Waals surface area contributed by atoms with E-state index in [4.69, 9.17) is 10.8 Å². The van der Waals surface area contributed by atoms with Crippen LogP contribution in [0.3, 0.4) is 0 Å². The Bertz CT molecular complexity index is 431. The third-order valence-electron chi connectivity index (χ3n) is 3.05. The highest BCUT2D eigenvalue weighted by Crippen LogP contribution is 2.34. The number of aliphatic carboxylic acids is 1. The van der Waals surface area contributed by atoms with Gasteiger partial charge in [-0.2, -0.15) is 0 Å². The normalized spacial score (nSPS) is 17.2. The second-order valence-corrected chi connectivity index (χ2v) is 5.04. The van der Waals surface area contributed by atoms with Gasteiger partial charge >= 0.3 is 5.97 Å². The Morgan fingerprint density at radius 1 is 1.41 bits per heavy atom. The van der Waals surface area contributed by atoms with Gasteiger partial charge in [-0.25, -0.2) is 0 Å². The number of nitrogens with two attached hydrogens (primary N) is 1. The number of anilines is 1. The van der Waals surface area contributed by atoms with Gasteiger partial charge in [0.05, 0.1) is 0 Å². The molecule has 1 aromatic carbocycles. The first-order valence-electron chi connectivity index (χ1n) is 5.63. The van der Waals surface area contributed by atoms with Crippen molar-refractivity contribution in [2.45, 2.75) is 18.9 Å². The number of carboxylic acid groups (broad SMARTS) is 1. The predicted octanol–water partition coefficient (Wildman–Crippen LogP) is 2.13. The Morgan fingerprint density at radius 3 is 2.65 bits per heavy atom. The van der Waals surface area contributed by atoms with Crippen molar-refractivity contribution in [3.8, 4) is 0 Å². The van der Waals surface area contributed by atoms with Crippen LogP contribution in [0.4, 0.5) is 5.69 Å². The van der Waals surface area contributed by atoms with Crippen LogP contribution in [0.5, 0.6) is 0 Å². The van der Waals surface area contributed by atoms with Crippen molar-refractivity contribution in [2.75, 3.05) is 18.0 Å². The van der Waals surface area contributed by atoms with E-state index < -0.39 is 12.0 Å². The van der Waals surface area contributed by atoms with E-state index in [1.165, 1.54) is 0 Å². The molecule has 1 heterocycles. The summed E-state index contributed by atoms with van der Waals surface area (Å²) in [6.45, 7) is 1.94. The number of hydrogen-bond donors (Lipinski definition) is 2. The second kappa shape index (κ2) is 5.06. The zero-order chi connectivity index (χ0) is 12.4. The third kappa shape index (κ3) is 2.45. The first kappa shape index (κ1) is 12.4. The number of nitrogens with zero attached hydrogens (tertiary/aromatic N) is 1. The fourth-order valence-electron chi connectivity index (χ4n) is 2.19. The molecule has 0 spiro atoms. The molecular weight excluding hydrogens is 284 g/mol. The van der Waals surface area contributed by atoms with Gasteiger partial charge in [0.2, 0.25) is 0 Å². The zero-order valence-corrected chi connectivity index (χ0v) is 11.0. The number of carboxylic acids is 1. The molecular formula is C12H15BrN2O2. The minimum Gasteiger partial charge on any atom is -0.480 e. The van der Waals surface area contributed by atoms with Crippen molar-refractivity contribution in [3.63, 3.8) is 0 Å². The molecule has 2 rings (SSSR count). The maximum Gasteiger partial charge on any atom is 0.325 e. The van der Waals surface area contributed by atoms with Crippen LogP contribution in [-0.4, -0.2) is 24.2 Å². The Balaban J connectivity index is 2.43. The summed E-state index contributed by atoms with van der Waals surface area (Å²) >= 11 is 3.39. The number of rotatable bonds is 3. The summed E-state index contributed by atoms with van der Waals surface area (Å²) in [6, 6.07) is 4.70. The van der Waals surface area contributed by atoms with Crippen molar-refractivity contribution in [2.24, 2.45) is 5.73 Å². The highest BCUT2D eigenvalue weighted by Gasteiger charge is 2.24. The molecule has 1 saturated heterocycles. The summed E-state index contributed by atoms with van der Waals surface area (Å²) in [5, 5.41) is 9.06. The van der Waals surface area contributed by atoms with E-state index >= 15 is 0 Å². The van der Waals surface area contributed by atoms with Crippen molar-refractivity contribution < 1.29 is 9.90 Å². The Hall–Kier alpha value is -1.07. The molecule has 1 unspecified atom stereocenters. The summed E-state index contributed by atoms with van der Waals surface area (Å²) in [6.07, 6.45) is 2.29. The molecule has 17 heavy (non-hydrogen) atoms. The molecule has 1 atom stereocenters. The van der Waals surface area contributed by atoms with Crippen LogP contribution in [0.1, 0.15) is 24.4 Å². The SMILES string of the molecule is NC(C(=O)O)c1c(Br)cccc1N1CCCC1. The van der Waals surface area contributed by atoms with Gasteiger partial charge in [-0.3, -0.25) is 4.79 Å². The highest BCUT2D eigenvalue weighted by atomic mass is 79.9. The average Bonchev–Trinajstić information content (AvgIpc) is 2.81. The van der Waals surface area contributed by atoms with Crippen molar-refractivity contribution in [1.82, 2.24) is 0 Å². The first-order valence-corrected chi connectivity index (χ1v) is 6.42. The first-order chi connectivity index (χ1) is 8.11. The molecule has 3 N–H and O–H groups in total. The lowest BCUT2D eigenvalue weighted by Gasteiger charge is -2.24. The van der Waals surface area contributed by atoms with Gasteiger partial charge in [0, 0.05) is 28.8 Å². The van der Waals surface area contributed by atoms with Crippen molar-refractivity contribution in [1.29, 1.82) is 0 Å². The van der Waals surface area contributed by atoms with E-state index in [1.54, 1.807) is 0 Å². The summed E-state index contributed by atoms with van der Waals surface area (Å²) in [5.41, 5.74) is 7.36. The fraction of sp³-hybridized carbons (Fsp3) is 0.417. The van der Waals surface area contributed by atoms with E-state index in [9.17, 15) is 4.79 Å². The minimum absolute atomic E-state index is 0.668. The van der Waals surface area contributed by atoms with E-state index in [0.29, 0.717) is 5.56 Å². The minimum atomic E-state index is -1.00. The monoisotopic (exact) mass is 298 g/mol. The molecule has 0 radical (unpaired) electrons. The van der Waals surface area contributed by atoms with Gasteiger partial charge in [-0.05, 0) is 25.0 Å². The van der Waals surface area contributed by atoms with Crippen LogP contribution in [0.25, 0.3) is 0 Å². The van der Waals surface area contributed by atoms with Crippen LogP contribution in [0, 0.1) is 0 Å². The second-order valence-electron chi connectivity index (χ2n) is 4.18. The molecule has 1 aromatic rings. The van der Waals surface area contributed by atoms with Gasteiger partial charge in [0.15, 0.2) is 0 Å². The predicted molar refractivity (Wildman–Crippen MR) is 70.2 cm³/mol. The van der Waals surface area contributed by atoms with Gasteiger partial charge in [-0.15, -0.1) is 0 Å². The third-order valence-corrected chi connectivity index (χ3v) is 3.75. The van der Waals surface area contributed by atoms with Crippen LogP contribution in [0.15, 0.2) is 22.7 Å². The molecule has 0 aliphatic carbocycles. The Labute approximate surface area is 109 Å². The lowest BCUT2D eigenvalue weighted by molar-refractivity contribution is -0.138. The van der Waals surface area contributed by atoms with Crippen LogP contribution < -0.4 is 10.6 Å². The summed E-state index contributed by atoms with van der Waals surface area (Å²) < 4.78 is 0.761. The Morgan fingerprint density at radius 2 is 2.06 bits per heavy atom. The topological polar surface area (TPSA) is 66.6 Å². The molecule has 0 aromatic heterocycles. The van der Waals surface area contributed by atoms with Crippen LogP contribution in [-0.2, 0) is 4.79 Å². The summed E-state index contributed by atoms with van der Waals surface area (Å²) in [5.74, 6) is -1.00. The van der Waals surface area contributed by atoms with Gasteiger partial charge in [0.1, 0.15) is 6.04 Å². The molecule has 1 aliphatic heterocycles. The van der Waals surface area contributed by atoms with E-state index in [2.05, 4.69) is 20.8 Å². The lowest BCUT2D eigenvalue weighted by atomic mass is 10.0. The quantitative estimate of drug-likeness (QED) is 0.897. The van der Waals surface area contributed by atoms with E-state index in [-0.39, 0.29) is 0 Å². The molecule has 5 heteroatoms. The largest absolute Gasteiger partial charge is 0.480 e. The number of carbonyl (C=O) groups is 1. The fourth-order valence-corrected chi connectivity index (χ4v) is 2.79. The number of hydrogen-bond acceptors (Lipinski definition) is 3. The molecule has 1 aliphatic rings. The van der Waals surface area contributed by atoms with Gasteiger partial charge < -0.3 is 15.7 Å². The molecule has 0 saturated carbocycles. The van der Waals surface area contributed by atoms with Gasteiger partial charge in [-0.1, -0.05) is 22.0 Å². The number of halogens is 1. The lowest BCUT2D eigenvalue weighted by Crippen LogP contribution is -2.26. The van der Waals surface area contributed by atoms with Crippen LogP contribution in [0.2, 0.25) is 0 Å². The van der Waals surface area contributed by atoms with Crippen molar-refractivity contribution in [3.05, 3.63) is 28.2 Å². The molecule has 1 fully saturated rings. The molecule has 4 nitrogen and oxygen atoms in total. The maximum absolute atomic E-state index is 11.1. The number of benzene rings is 1. The molecule has 0 bridgehead atoms. The zero-order valence-electron chi connectivity index (χ0n) is 9.40. The highest BCUT2D eigenvalue weighted by molar-refractivity contribution is 9.10. The summed E-state index contributed by atoms with van der Waals surface area (Å²) in [4.78, 5) is 13.3. The van der Waals surface area contributed by atoms with Gasteiger partial charge in [0.25, 0.3) is 0 Å². The summed E-state index contributed by atoms with van der Waals surface area (Å²) in [7, 11) is 0. The van der Waals surface area contributed by atoms with E-state index in [0.717, 1.165) is 36.1 Å². The van der Waals surface area contributed by atoms with E-state index in [1.807, 2.05) is 18.2 Å². The average molecular weight is 299 g/mol.